The molecule has 1 aromatic heterocycles. The Bertz CT molecular complexity index is 517. The van der Waals surface area contributed by atoms with Gasteiger partial charge in [0.25, 0.3) is 0 Å². The topological polar surface area (TPSA) is 64.7 Å². The number of hydrogen-bond donors (Lipinski definition) is 1. The van der Waals surface area contributed by atoms with Crippen LogP contribution >= 0.6 is 0 Å². The predicted molar refractivity (Wildman–Crippen MR) is 68.5 cm³/mol. The van der Waals surface area contributed by atoms with Crippen molar-refractivity contribution in [1.82, 2.24) is 15.0 Å². The van der Waals surface area contributed by atoms with Crippen molar-refractivity contribution in [2.24, 2.45) is 0 Å². The van der Waals surface area contributed by atoms with Crippen LogP contribution in [-0.4, -0.2) is 15.0 Å². The van der Waals surface area contributed by atoms with Crippen molar-refractivity contribution >= 4 is 5.69 Å². The lowest BCUT2D eigenvalue weighted by atomic mass is 10.1. The summed E-state index contributed by atoms with van der Waals surface area (Å²) in [6.07, 6.45) is 0. The lowest BCUT2D eigenvalue weighted by molar-refractivity contribution is 0.750. The largest absolute Gasteiger partial charge is 0.399 e. The van der Waals surface area contributed by atoms with E-state index in [1.165, 1.54) is 0 Å². The van der Waals surface area contributed by atoms with E-state index in [4.69, 9.17) is 5.73 Å². The molecular formula is C13H16N4. The first-order valence-corrected chi connectivity index (χ1v) is 5.65. The molecule has 88 valence electrons. The van der Waals surface area contributed by atoms with E-state index in [2.05, 4.69) is 28.8 Å². The maximum atomic E-state index is 5.66. The van der Waals surface area contributed by atoms with E-state index < -0.39 is 0 Å². The highest BCUT2D eigenvalue weighted by atomic mass is 15.0. The summed E-state index contributed by atoms with van der Waals surface area (Å²) < 4.78 is 0. The van der Waals surface area contributed by atoms with Crippen LogP contribution < -0.4 is 5.73 Å². The highest BCUT2D eigenvalue weighted by Crippen LogP contribution is 2.18. The Labute approximate surface area is 101 Å². The molecule has 0 saturated carbocycles. The second-order valence-corrected chi connectivity index (χ2v) is 4.34. The minimum Gasteiger partial charge on any atom is -0.399 e. The van der Waals surface area contributed by atoms with Gasteiger partial charge >= 0.3 is 0 Å². The average Bonchev–Trinajstić information content (AvgIpc) is 2.29. The van der Waals surface area contributed by atoms with E-state index in [0.29, 0.717) is 11.7 Å². The van der Waals surface area contributed by atoms with Crippen molar-refractivity contribution in [3.05, 3.63) is 35.9 Å². The molecule has 0 spiro atoms. The zero-order chi connectivity index (χ0) is 12.4. The van der Waals surface area contributed by atoms with E-state index in [1.54, 1.807) is 0 Å². The van der Waals surface area contributed by atoms with Crippen LogP contribution in [0.3, 0.4) is 0 Å². The van der Waals surface area contributed by atoms with Crippen LogP contribution in [0.15, 0.2) is 24.3 Å². The van der Waals surface area contributed by atoms with Crippen LogP contribution in [0, 0.1) is 6.92 Å². The van der Waals surface area contributed by atoms with E-state index in [-0.39, 0.29) is 0 Å². The van der Waals surface area contributed by atoms with Crippen LogP contribution in [0.1, 0.15) is 31.4 Å². The summed E-state index contributed by atoms with van der Waals surface area (Å²) in [5, 5.41) is 0. The molecule has 0 unspecified atom stereocenters. The number of aromatic nitrogens is 3. The molecule has 0 aliphatic heterocycles. The molecule has 0 saturated heterocycles. The van der Waals surface area contributed by atoms with Gasteiger partial charge < -0.3 is 5.73 Å². The fraction of sp³-hybridized carbons (Fsp3) is 0.308. The molecule has 0 radical (unpaired) electrons. The SMILES string of the molecule is Cc1nc(-c2ccc(N)cc2)nc(C(C)C)n1. The molecule has 2 aromatic rings. The van der Waals surface area contributed by atoms with Crippen LogP contribution in [0.25, 0.3) is 11.4 Å². The maximum Gasteiger partial charge on any atom is 0.163 e. The van der Waals surface area contributed by atoms with E-state index in [1.807, 2.05) is 31.2 Å². The minimum absolute atomic E-state index is 0.296. The summed E-state index contributed by atoms with van der Waals surface area (Å²) in [5.41, 5.74) is 7.36. The highest BCUT2D eigenvalue weighted by Gasteiger charge is 2.08. The van der Waals surface area contributed by atoms with Gasteiger partial charge in [-0.15, -0.1) is 0 Å². The minimum atomic E-state index is 0.296. The maximum absolute atomic E-state index is 5.66. The molecule has 0 aliphatic carbocycles. The zero-order valence-corrected chi connectivity index (χ0v) is 10.3. The molecule has 4 heteroatoms. The number of nitrogens with two attached hydrogens (primary N) is 1. The molecular weight excluding hydrogens is 212 g/mol. The molecule has 1 heterocycles. The molecule has 0 fully saturated rings. The number of aryl methyl sites for hydroxylation is 1. The fourth-order valence-electron chi connectivity index (χ4n) is 1.52. The van der Waals surface area contributed by atoms with Crippen molar-refractivity contribution in [3.63, 3.8) is 0 Å². The van der Waals surface area contributed by atoms with E-state index >= 15 is 0 Å². The predicted octanol–water partition coefficient (Wildman–Crippen LogP) is 2.55. The van der Waals surface area contributed by atoms with Crippen molar-refractivity contribution in [1.29, 1.82) is 0 Å². The molecule has 0 amide bonds. The summed E-state index contributed by atoms with van der Waals surface area (Å²) in [6.45, 7) is 6.03. The third kappa shape index (κ3) is 2.58. The number of nitrogen functional groups attached to an aromatic ring is 1. The summed E-state index contributed by atoms with van der Waals surface area (Å²) in [7, 11) is 0. The molecule has 1 aromatic carbocycles. The Kier molecular flexibility index (Phi) is 3.04. The normalized spacial score (nSPS) is 10.8. The van der Waals surface area contributed by atoms with E-state index in [9.17, 15) is 0 Å². The number of rotatable bonds is 2. The summed E-state index contributed by atoms with van der Waals surface area (Å²) in [4.78, 5) is 13.2. The van der Waals surface area contributed by atoms with Gasteiger partial charge in [-0.25, -0.2) is 15.0 Å². The van der Waals surface area contributed by atoms with Gasteiger partial charge in [0.15, 0.2) is 5.82 Å². The number of anilines is 1. The van der Waals surface area contributed by atoms with Crippen LogP contribution in [0.2, 0.25) is 0 Å². The third-order valence-electron chi connectivity index (χ3n) is 2.45. The van der Waals surface area contributed by atoms with Gasteiger partial charge in [-0.05, 0) is 31.2 Å². The van der Waals surface area contributed by atoms with Gasteiger partial charge in [-0.2, -0.15) is 0 Å². The Balaban J connectivity index is 2.48. The van der Waals surface area contributed by atoms with Gasteiger partial charge in [0, 0.05) is 17.2 Å². The van der Waals surface area contributed by atoms with Gasteiger partial charge in [0.1, 0.15) is 11.6 Å². The summed E-state index contributed by atoms with van der Waals surface area (Å²) in [5.74, 6) is 2.57. The van der Waals surface area contributed by atoms with Crippen molar-refractivity contribution in [2.75, 3.05) is 5.73 Å². The molecule has 0 bridgehead atoms. The second kappa shape index (κ2) is 4.49. The van der Waals surface area contributed by atoms with Gasteiger partial charge in [0.05, 0.1) is 0 Å². The number of benzene rings is 1. The highest BCUT2D eigenvalue weighted by molar-refractivity contribution is 5.58. The average molecular weight is 228 g/mol. The first-order valence-electron chi connectivity index (χ1n) is 5.65. The van der Waals surface area contributed by atoms with Crippen LogP contribution in [-0.2, 0) is 0 Å². The second-order valence-electron chi connectivity index (χ2n) is 4.34. The molecule has 4 nitrogen and oxygen atoms in total. The third-order valence-corrected chi connectivity index (χ3v) is 2.45. The van der Waals surface area contributed by atoms with E-state index in [0.717, 1.165) is 22.9 Å². The Morgan fingerprint density at radius 2 is 1.65 bits per heavy atom. The zero-order valence-electron chi connectivity index (χ0n) is 10.3. The first kappa shape index (κ1) is 11.5. The Hall–Kier alpha value is -1.97. The summed E-state index contributed by atoms with van der Waals surface area (Å²) >= 11 is 0. The van der Waals surface area contributed by atoms with Gasteiger partial charge in [-0.1, -0.05) is 13.8 Å². The number of nitrogens with zero attached hydrogens (tertiary/aromatic N) is 3. The Morgan fingerprint density at radius 1 is 1.00 bits per heavy atom. The lowest BCUT2D eigenvalue weighted by Gasteiger charge is -2.07. The first-order chi connectivity index (χ1) is 8.06. The molecule has 2 N–H and O–H groups in total. The fourth-order valence-corrected chi connectivity index (χ4v) is 1.52. The quantitative estimate of drug-likeness (QED) is 0.802. The molecule has 2 rings (SSSR count). The van der Waals surface area contributed by atoms with Crippen molar-refractivity contribution < 1.29 is 0 Å². The molecule has 0 atom stereocenters. The van der Waals surface area contributed by atoms with Crippen molar-refractivity contribution in [2.45, 2.75) is 26.7 Å². The monoisotopic (exact) mass is 228 g/mol. The Morgan fingerprint density at radius 3 is 2.24 bits per heavy atom. The van der Waals surface area contributed by atoms with Crippen LogP contribution in [0.5, 0.6) is 0 Å². The van der Waals surface area contributed by atoms with Gasteiger partial charge in [0.2, 0.25) is 0 Å². The lowest BCUT2D eigenvalue weighted by Crippen LogP contribution is -2.04. The molecule has 0 aliphatic rings. The van der Waals surface area contributed by atoms with Gasteiger partial charge in [-0.3, -0.25) is 0 Å². The summed E-state index contributed by atoms with van der Waals surface area (Å²) in [6, 6.07) is 7.55. The van der Waals surface area contributed by atoms with Crippen molar-refractivity contribution in [3.8, 4) is 11.4 Å². The van der Waals surface area contributed by atoms with Crippen LogP contribution in [0.4, 0.5) is 5.69 Å². The smallest absolute Gasteiger partial charge is 0.163 e. The number of hydrogen-bond acceptors (Lipinski definition) is 4. The molecule has 17 heavy (non-hydrogen) atoms. The standard InChI is InChI=1S/C13H16N4/c1-8(2)12-15-9(3)16-13(17-12)10-4-6-11(14)7-5-10/h4-8H,14H2,1-3H3.